The van der Waals surface area contributed by atoms with Crippen LogP contribution in [0.25, 0.3) is 0 Å². The summed E-state index contributed by atoms with van der Waals surface area (Å²) in [6.45, 7) is 9.55. The average molecular weight is 333 g/mol. The van der Waals surface area contributed by atoms with Crippen LogP contribution in [0.2, 0.25) is 0 Å². The van der Waals surface area contributed by atoms with E-state index in [1.54, 1.807) is 0 Å². The van der Waals surface area contributed by atoms with Gasteiger partial charge in [-0.1, -0.05) is 59.1 Å². The molecule has 0 aromatic heterocycles. The van der Waals surface area contributed by atoms with Crippen molar-refractivity contribution in [3.8, 4) is 5.75 Å². The van der Waals surface area contributed by atoms with E-state index in [2.05, 4.69) is 39.8 Å². The van der Waals surface area contributed by atoms with Crippen LogP contribution in [0.4, 0.5) is 0 Å². The number of aliphatic hydroxyl groups excluding tert-OH is 1. The highest BCUT2D eigenvalue weighted by Gasteiger charge is 2.23. The highest BCUT2D eigenvalue weighted by molar-refractivity contribution is 5.49. The third kappa shape index (κ3) is 4.53. The van der Waals surface area contributed by atoms with Crippen LogP contribution in [0.15, 0.2) is 12.1 Å². The summed E-state index contributed by atoms with van der Waals surface area (Å²) in [7, 11) is 0. The fourth-order valence-corrected chi connectivity index (χ4v) is 3.86. The Labute approximate surface area is 148 Å². The van der Waals surface area contributed by atoms with Crippen molar-refractivity contribution < 1.29 is 9.84 Å². The normalized spacial score (nSPS) is 18.4. The summed E-state index contributed by atoms with van der Waals surface area (Å²) in [5.74, 6) is 2.75. The zero-order valence-corrected chi connectivity index (χ0v) is 16.1. The predicted molar refractivity (Wildman–Crippen MR) is 102 cm³/mol. The Kier molecular flexibility index (Phi) is 7.61. The van der Waals surface area contributed by atoms with Gasteiger partial charge in [0.05, 0.1) is 6.61 Å². The summed E-state index contributed by atoms with van der Waals surface area (Å²) in [6.07, 6.45) is 9.01. The van der Waals surface area contributed by atoms with E-state index < -0.39 is 0 Å². The molecular weight excluding hydrogens is 296 g/mol. The van der Waals surface area contributed by atoms with E-state index >= 15 is 0 Å². The highest BCUT2D eigenvalue weighted by Crippen LogP contribution is 2.42. The van der Waals surface area contributed by atoms with Crippen molar-refractivity contribution in [3.05, 3.63) is 28.8 Å². The van der Waals surface area contributed by atoms with E-state index in [1.807, 2.05) is 0 Å². The lowest BCUT2D eigenvalue weighted by Gasteiger charge is -2.28. The molecule has 0 bridgehead atoms. The lowest BCUT2D eigenvalue weighted by Crippen LogP contribution is -2.12. The van der Waals surface area contributed by atoms with Crippen molar-refractivity contribution in [2.75, 3.05) is 13.2 Å². The molecule has 0 spiro atoms. The number of rotatable bonds is 8. The monoisotopic (exact) mass is 332 g/mol. The van der Waals surface area contributed by atoms with Gasteiger partial charge in [0.15, 0.2) is 0 Å². The molecule has 2 unspecified atom stereocenters. The molecule has 0 aliphatic heterocycles. The molecule has 1 fully saturated rings. The van der Waals surface area contributed by atoms with Crippen LogP contribution in [0.5, 0.6) is 5.75 Å². The van der Waals surface area contributed by atoms with Gasteiger partial charge in [0.25, 0.3) is 0 Å². The van der Waals surface area contributed by atoms with E-state index in [1.165, 1.54) is 48.8 Å². The second-order valence-electron chi connectivity index (χ2n) is 7.55. The molecule has 2 heteroatoms. The second kappa shape index (κ2) is 9.46. The van der Waals surface area contributed by atoms with Crippen LogP contribution >= 0.6 is 0 Å². The van der Waals surface area contributed by atoms with E-state index in [-0.39, 0.29) is 6.61 Å². The van der Waals surface area contributed by atoms with Gasteiger partial charge in [-0.15, -0.1) is 0 Å². The Balaban J connectivity index is 2.49. The zero-order valence-electron chi connectivity index (χ0n) is 16.1. The molecule has 0 radical (unpaired) electrons. The van der Waals surface area contributed by atoms with Crippen LogP contribution in [0.1, 0.15) is 107 Å². The lowest BCUT2D eigenvalue weighted by atomic mass is 9.80. The van der Waals surface area contributed by atoms with Gasteiger partial charge in [0, 0.05) is 0 Å². The van der Waals surface area contributed by atoms with Gasteiger partial charge in [0.2, 0.25) is 0 Å². The van der Waals surface area contributed by atoms with Crippen molar-refractivity contribution in [2.45, 2.75) is 90.4 Å². The first-order valence-electron chi connectivity index (χ1n) is 10.0. The van der Waals surface area contributed by atoms with Gasteiger partial charge >= 0.3 is 0 Å². The zero-order chi connectivity index (χ0) is 17.5. The third-order valence-corrected chi connectivity index (χ3v) is 5.87. The minimum atomic E-state index is 0.0737. The van der Waals surface area contributed by atoms with Crippen molar-refractivity contribution in [2.24, 2.45) is 0 Å². The number of benzene rings is 1. The van der Waals surface area contributed by atoms with E-state index in [0.29, 0.717) is 18.4 Å². The van der Waals surface area contributed by atoms with Crippen molar-refractivity contribution in [1.29, 1.82) is 0 Å². The molecule has 1 aliphatic rings. The number of ether oxygens (including phenoxy) is 1. The molecule has 1 N–H and O–H groups in total. The SMILES string of the molecule is CCC(C)c1cc(C2CCCCC2)cc(C(C)CC)c1OCCO. The summed E-state index contributed by atoms with van der Waals surface area (Å²) in [5.41, 5.74) is 4.23. The van der Waals surface area contributed by atoms with Crippen LogP contribution in [0, 0.1) is 0 Å². The Morgan fingerprint density at radius 2 is 1.54 bits per heavy atom. The van der Waals surface area contributed by atoms with E-state index in [0.717, 1.165) is 24.5 Å². The Morgan fingerprint density at radius 3 is 2.00 bits per heavy atom. The molecule has 136 valence electrons. The topological polar surface area (TPSA) is 29.5 Å². The molecular formula is C22H36O2. The average Bonchev–Trinajstić information content (AvgIpc) is 2.65. The standard InChI is InChI=1S/C22H36O2/c1-5-16(3)20-14-19(18-10-8-7-9-11-18)15-21(17(4)6-2)22(20)24-13-12-23/h14-18,23H,5-13H2,1-4H3. The molecule has 0 saturated heterocycles. The molecule has 0 heterocycles. The molecule has 2 rings (SSSR count). The van der Waals surface area contributed by atoms with Gasteiger partial charge in [-0.05, 0) is 60.1 Å². The van der Waals surface area contributed by atoms with Gasteiger partial charge in [-0.3, -0.25) is 0 Å². The van der Waals surface area contributed by atoms with Crippen LogP contribution in [-0.4, -0.2) is 18.3 Å². The number of aliphatic hydroxyl groups is 1. The molecule has 1 aliphatic carbocycles. The van der Waals surface area contributed by atoms with Crippen LogP contribution < -0.4 is 4.74 Å². The third-order valence-electron chi connectivity index (χ3n) is 5.87. The lowest BCUT2D eigenvalue weighted by molar-refractivity contribution is 0.198. The molecule has 0 amide bonds. The van der Waals surface area contributed by atoms with Gasteiger partial charge in [-0.25, -0.2) is 0 Å². The number of hydrogen-bond donors (Lipinski definition) is 1. The molecule has 1 aromatic carbocycles. The molecule has 1 saturated carbocycles. The summed E-state index contributed by atoms with van der Waals surface area (Å²) in [5, 5.41) is 9.23. The second-order valence-corrected chi connectivity index (χ2v) is 7.55. The highest BCUT2D eigenvalue weighted by atomic mass is 16.5. The Morgan fingerprint density at radius 1 is 1.00 bits per heavy atom. The summed E-state index contributed by atoms with van der Waals surface area (Å²) in [4.78, 5) is 0. The van der Waals surface area contributed by atoms with Crippen molar-refractivity contribution in [1.82, 2.24) is 0 Å². The van der Waals surface area contributed by atoms with Crippen LogP contribution in [-0.2, 0) is 0 Å². The van der Waals surface area contributed by atoms with E-state index in [4.69, 9.17) is 4.74 Å². The van der Waals surface area contributed by atoms with Crippen molar-refractivity contribution in [3.63, 3.8) is 0 Å². The maximum absolute atomic E-state index is 9.23. The predicted octanol–water partition coefficient (Wildman–Crippen LogP) is 6.13. The summed E-state index contributed by atoms with van der Waals surface area (Å²) >= 11 is 0. The summed E-state index contributed by atoms with van der Waals surface area (Å²) < 4.78 is 6.06. The maximum atomic E-state index is 9.23. The quantitative estimate of drug-likeness (QED) is 0.620. The first-order valence-corrected chi connectivity index (χ1v) is 10.0. The largest absolute Gasteiger partial charge is 0.491 e. The Hall–Kier alpha value is -1.02. The molecule has 2 atom stereocenters. The van der Waals surface area contributed by atoms with E-state index in [9.17, 15) is 5.11 Å². The number of hydrogen-bond acceptors (Lipinski definition) is 2. The van der Waals surface area contributed by atoms with Crippen LogP contribution in [0.3, 0.4) is 0 Å². The maximum Gasteiger partial charge on any atom is 0.126 e. The fraction of sp³-hybridized carbons (Fsp3) is 0.727. The first-order chi connectivity index (χ1) is 11.6. The summed E-state index contributed by atoms with van der Waals surface area (Å²) in [6, 6.07) is 4.84. The molecule has 1 aromatic rings. The Bertz CT molecular complexity index is 472. The van der Waals surface area contributed by atoms with Gasteiger partial charge in [0.1, 0.15) is 12.4 Å². The van der Waals surface area contributed by atoms with Crippen molar-refractivity contribution >= 4 is 0 Å². The molecule has 24 heavy (non-hydrogen) atoms. The minimum absolute atomic E-state index is 0.0737. The van der Waals surface area contributed by atoms with Gasteiger partial charge in [-0.2, -0.15) is 0 Å². The van der Waals surface area contributed by atoms with Gasteiger partial charge < -0.3 is 9.84 Å². The molecule has 2 nitrogen and oxygen atoms in total. The fourth-order valence-electron chi connectivity index (χ4n) is 3.86. The minimum Gasteiger partial charge on any atom is -0.491 e. The first kappa shape index (κ1) is 19.3. The smallest absolute Gasteiger partial charge is 0.126 e.